The second kappa shape index (κ2) is 6.82. The van der Waals surface area contributed by atoms with Crippen LogP contribution < -0.4 is 0 Å². The average Bonchev–Trinajstić information content (AvgIpc) is 2.53. The molecule has 0 aliphatic heterocycles. The van der Waals surface area contributed by atoms with Crippen molar-refractivity contribution in [3.8, 4) is 0 Å². The third-order valence-electron chi connectivity index (χ3n) is 4.67. The fourth-order valence-electron chi connectivity index (χ4n) is 3.42. The molecule has 0 fully saturated rings. The maximum atomic E-state index is 11.0. The molecule has 118 valence electrons. The largest absolute Gasteiger partial charge is 0.481 e. The van der Waals surface area contributed by atoms with E-state index in [4.69, 9.17) is 5.11 Å². The van der Waals surface area contributed by atoms with E-state index in [1.54, 1.807) is 0 Å². The molecular formula is C21H22O2. The second-order valence-electron chi connectivity index (χ2n) is 6.34. The van der Waals surface area contributed by atoms with Crippen LogP contribution in [0.1, 0.15) is 53.0 Å². The Morgan fingerprint density at radius 2 is 2.04 bits per heavy atom. The summed E-state index contributed by atoms with van der Waals surface area (Å²) in [6.45, 7) is 2.11. The number of hydrogen-bond acceptors (Lipinski definition) is 1. The zero-order valence-corrected chi connectivity index (χ0v) is 13.5. The molecule has 0 heterocycles. The molecule has 0 saturated heterocycles. The van der Waals surface area contributed by atoms with Crippen molar-refractivity contribution in [2.24, 2.45) is 0 Å². The van der Waals surface area contributed by atoms with Gasteiger partial charge in [-0.1, -0.05) is 54.6 Å². The Morgan fingerprint density at radius 3 is 2.83 bits per heavy atom. The number of aryl methyl sites for hydroxylation is 2. The molecule has 23 heavy (non-hydrogen) atoms. The minimum Gasteiger partial charge on any atom is -0.481 e. The standard InChI is InChI=1S/C21H22O2/c1-15-5-2-3-6-17(15)11-9-16-10-12-20-18(13-16)7-4-8-19(20)14-21(22)23/h2-3,5-6,9-13,19H,4,7-8,14H2,1H3,(H,22,23). The Balaban J connectivity index is 1.83. The van der Waals surface area contributed by atoms with Gasteiger partial charge in [0.05, 0.1) is 6.42 Å². The summed E-state index contributed by atoms with van der Waals surface area (Å²) in [4.78, 5) is 11.0. The Morgan fingerprint density at radius 1 is 1.22 bits per heavy atom. The molecule has 2 aromatic carbocycles. The summed E-state index contributed by atoms with van der Waals surface area (Å²) in [5.41, 5.74) is 6.22. The molecule has 1 aliphatic rings. The number of hydrogen-bond donors (Lipinski definition) is 1. The van der Waals surface area contributed by atoms with E-state index in [0.29, 0.717) is 0 Å². The normalized spacial score (nSPS) is 17.2. The maximum absolute atomic E-state index is 11.0. The summed E-state index contributed by atoms with van der Waals surface area (Å²) in [7, 11) is 0. The molecule has 0 aromatic heterocycles. The summed E-state index contributed by atoms with van der Waals surface area (Å²) in [5.74, 6) is -0.531. The molecule has 1 N–H and O–H groups in total. The van der Waals surface area contributed by atoms with Crippen molar-refractivity contribution in [2.45, 2.75) is 38.5 Å². The number of benzene rings is 2. The lowest BCUT2D eigenvalue weighted by Crippen LogP contribution is -2.13. The number of rotatable bonds is 4. The number of aliphatic carboxylic acids is 1. The molecule has 3 rings (SSSR count). The summed E-state index contributed by atoms with van der Waals surface area (Å²) < 4.78 is 0. The van der Waals surface area contributed by atoms with Crippen LogP contribution in [-0.4, -0.2) is 11.1 Å². The van der Waals surface area contributed by atoms with Crippen LogP contribution in [0.2, 0.25) is 0 Å². The van der Waals surface area contributed by atoms with Gasteiger partial charge in [0.25, 0.3) is 0 Å². The number of carboxylic acids is 1. The van der Waals surface area contributed by atoms with E-state index >= 15 is 0 Å². The van der Waals surface area contributed by atoms with Crippen LogP contribution in [0, 0.1) is 6.92 Å². The molecule has 0 amide bonds. The number of carboxylic acid groups (broad SMARTS) is 1. The molecular weight excluding hydrogens is 284 g/mol. The number of fused-ring (bicyclic) bond motifs is 1. The Labute approximate surface area is 137 Å². The predicted octanol–water partition coefficient (Wildman–Crippen LogP) is 5.06. The van der Waals surface area contributed by atoms with E-state index in [2.05, 4.69) is 55.5 Å². The van der Waals surface area contributed by atoms with Crippen LogP contribution >= 0.6 is 0 Å². The topological polar surface area (TPSA) is 37.3 Å². The van der Waals surface area contributed by atoms with Crippen molar-refractivity contribution in [3.05, 3.63) is 70.3 Å². The van der Waals surface area contributed by atoms with Crippen LogP contribution in [-0.2, 0) is 11.2 Å². The fourth-order valence-corrected chi connectivity index (χ4v) is 3.42. The predicted molar refractivity (Wildman–Crippen MR) is 94.5 cm³/mol. The molecule has 0 radical (unpaired) electrons. The molecule has 2 heteroatoms. The van der Waals surface area contributed by atoms with E-state index in [1.807, 2.05) is 6.07 Å². The van der Waals surface area contributed by atoms with Crippen LogP contribution in [0.25, 0.3) is 12.2 Å². The van der Waals surface area contributed by atoms with Gasteiger partial charge < -0.3 is 5.11 Å². The molecule has 1 atom stereocenters. The monoisotopic (exact) mass is 306 g/mol. The van der Waals surface area contributed by atoms with Gasteiger partial charge in [0.15, 0.2) is 0 Å². The molecule has 0 saturated carbocycles. The van der Waals surface area contributed by atoms with Gasteiger partial charge in [-0.3, -0.25) is 4.79 Å². The van der Waals surface area contributed by atoms with Gasteiger partial charge in [-0.15, -0.1) is 0 Å². The van der Waals surface area contributed by atoms with Gasteiger partial charge in [0.2, 0.25) is 0 Å². The lowest BCUT2D eigenvalue weighted by molar-refractivity contribution is -0.137. The quantitative estimate of drug-likeness (QED) is 0.802. The first-order chi connectivity index (χ1) is 11.1. The van der Waals surface area contributed by atoms with Crippen molar-refractivity contribution in [2.75, 3.05) is 0 Å². The highest BCUT2D eigenvalue weighted by molar-refractivity contribution is 5.72. The highest BCUT2D eigenvalue weighted by atomic mass is 16.4. The third-order valence-corrected chi connectivity index (χ3v) is 4.67. The first-order valence-corrected chi connectivity index (χ1v) is 8.22. The highest BCUT2D eigenvalue weighted by Gasteiger charge is 2.22. The van der Waals surface area contributed by atoms with Crippen molar-refractivity contribution >= 4 is 18.1 Å². The average molecular weight is 306 g/mol. The molecule has 2 aromatic rings. The summed E-state index contributed by atoms with van der Waals surface area (Å²) in [6, 6.07) is 14.8. The molecule has 0 spiro atoms. The van der Waals surface area contributed by atoms with Gasteiger partial charge >= 0.3 is 5.97 Å². The number of carbonyl (C=O) groups is 1. The van der Waals surface area contributed by atoms with E-state index in [1.165, 1.54) is 27.8 Å². The third kappa shape index (κ3) is 3.70. The first-order valence-electron chi connectivity index (χ1n) is 8.22. The summed E-state index contributed by atoms with van der Waals surface area (Å²) in [5, 5.41) is 9.07. The molecule has 0 bridgehead atoms. The Kier molecular flexibility index (Phi) is 4.61. The minimum absolute atomic E-state index is 0.172. The summed E-state index contributed by atoms with van der Waals surface area (Å²) in [6.07, 6.45) is 7.65. The van der Waals surface area contributed by atoms with E-state index < -0.39 is 5.97 Å². The Bertz CT molecular complexity index is 743. The van der Waals surface area contributed by atoms with E-state index in [9.17, 15) is 4.79 Å². The van der Waals surface area contributed by atoms with Crippen LogP contribution in [0.3, 0.4) is 0 Å². The fraction of sp³-hybridized carbons (Fsp3) is 0.286. The van der Waals surface area contributed by atoms with Gasteiger partial charge in [0.1, 0.15) is 0 Å². The zero-order chi connectivity index (χ0) is 16.2. The molecule has 1 aliphatic carbocycles. The van der Waals surface area contributed by atoms with Gasteiger partial charge in [-0.25, -0.2) is 0 Å². The summed E-state index contributed by atoms with van der Waals surface area (Å²) >= 11 is 0. The smallest absolute Gasteiger partial charge is 0.303 e. The van der Waals surface area contributed by atoms with E-state index in [-0.39, 0.29) is 12.3 Å². The van der Waals surface area contributed by atoms with Crippen LogP contribution in [0.15, 0.2) is 42.5 Å². The van der Waals surface area contributed by atoms with Crippen molar-refractivity contribution in [1.82, 2.24) is 0 Å². The van der Waals surface area contributed by atoms with Crippen LogP contribution in [0.5, 0.6) is 0 Å². The van der Waals surface area contributed by atoms with E-state index in [0.717, 1.165) is 19.3 Å². The highest BCUT2D eigenvalue weighted by Crippen LogP contribution is 2.34. The van der Waals surface area contributed by atoms with Gasteiger partial charge in [-0.2, -0.15) is 0 Å². The van der Waals surface area contributed by atoms with Crippen molar-refractivity contribution in [3.63, 3.8) is 0 Å². The van der Waals surface area contributed by atoms with Gasteiger partial charge in [0, 0.05) is 0 Å². The minimum atomic E-state index is -0.702. The lowest BCUT2D eigenvalue weighted by atomic mass is 9.80. The van der Waals surface area contributed by atoms with Crippen molar-refractivity contribution in [1.29, 1.82) is 0 Å². The molecule has 2 nitrogen and oxygen atoms in total. The van der Waals surface area contributed by atoms with Gasteiger partial charge in [-0.05, 0) is 59.9 Å². The Hall–Kier alpha value is -2.35. The lowest BCUT2D eigenvalue weighted by Gasteiger charge is -2.24. The second-order valence-corrected chi connectivity index (χ2v) is 6.34. The SMILES string of the molecule is Cc1ccccc1C=Cc1ccc2c(c1)CCCC2CC(=O)O. The maximum Gasteiger partial charge on any atom is 0.303 e. The molecule has 1 unspecified atom stereocenters. The zero-order valence-electron chi connectivity index (χ0n) is 13.5. The first kappa shape index (κ1) is 15.5. The van der Waals surface area contributed by atoms with Crippen molar-refractivity contribution < 1.29 is 9.90 Å². The van der Waals surface area contributed by atoms with Crippen LogP contribution in [0.4, 0.5) is 0 Å².